The van der Waals surface area contributed by atoms with Crippen molar-refractivity contribution in [2.75, 3.05) is 19.8 Å². The summed E-state index contributed by atoms with van der Waals surface area (Å²) in [5, 5.41) is 0. The maximum absolute atomic E-state index is 12.2. The van der Waals surface area contributed by atoms with Gasteiger partial charge in [0.1, 0.15) is 12.2 Å². The molecular formula is C10H15F2O4P. The third-order valence-corrected chi connectivity index (χ3v) is 2.12. The Hall–Kier alpha value is -0.730. The second-order valence-corrected chi connectivity index (χ2v) is 4.15. The highest BCUT2D eigenvalue weighted by Gasteiger charge is 2.27. The van der Waals surface area contributed by atoms with Crippen LogP contribution in [0.25, 0.3) is 0 Å². The average Bonchev–Trinajstić information content (AvgIpc) is 2.23. The molecule has 0 radical (unpaired) electrons. The predicted octanol–water partition coefficient (Wildman–Crippen LogP) is 2.66. The van der Waals surface area contributed by atoms with E-state index in [0.717, 1.165) is 0 Å². The van der Waals surface area contributed by atoms with Crippen LogP contribution >= 0.6 is 7.99 Å². The maximum atomic E-state index is 12.2. The Labute approximate surface area is 99.6 Å². The zero-order valence-corrected chi connectivity index (χ0v) is 10.4. The van der Waals surface area contributed by atoms with Crippen LogP contribution in [0.5, 0.6) is 0 Å². The molecule has 4 nitrogen and oxygen atoms in total. The van der Waals surface area contributed by atoms with Crippen LogP contribution in [0, 0.1) is 12.3 Å². The lowest BCUT2D eigenvalue weighted by Gasteiger charge is -2.17. The molecule has 7 heteroatoms. The van der Waals surface area contributed by atoms with Gasteiger partial charge in [0, 0.05) is 0 Å². The predicted molar refractivity (Wildman–Crippen MR) is 60.0 cm³/mol. The molecule has 0 spiro atoms. The van der Waals surface area contributed by atoms with Gasteiger partial charge in [-0.25, -0.2) is 4.57 Å². The molecule has 0 bridgehead atoms. The Morgan fingerprint density at radius 3 is 2.65 bits per heavy atom. The van der Waals surface area contributed by atoms with Gasteiger partial charge in [-0.1, -0.05) is 12.0 Å². The van der Waals surface area contributed by atoms with Crippen molar-refractivity contribution in [3.05, 3.63) is 12.7 Å². The van der Waals surface area contributed by atoms with Gasteiger partial charge in [0.2, 0.25) is 0 Å². The van der Waals surface area contributed by atoms with E-state index in [2.05, 4.69) is 17.0 Å². The number of hydrogen-bond donors (Lipinski definition) is 0. The number of hydrogen-bond acceptors (Lipinski definition) is 4. The van der Waals surface area contributed by atoms with Gasteiger partial charge in [-0.05, 0) is 6.92 Å². The fourth-order valence-corrected chi connectivity index (χ4v) is 1.33. The van der Waals surface area contributed by atoms with E-state index in [9.17, 15) is 13.0 Å². The summed E-state index contributed by atoms with van der Waals surface area (Å²) < 4.78 is 48.7. The summed E-state index contributed by atoms with van der Waals surface area (Å²) in [6.45, 7) is 4.74. The molecule has 0 heterocycles. The van der Waals surface area contributed by atoms with Crippen LogP contribution in [-0.2, 0) is 18.6 Å². The van der Waals surface area contributed by atoms with E-state index in [1.807, 2.05) is 0 Å². The first kappa shape index (κ1) is 16.3. The zero-order valence-electron chi connectivity index (χ0n) is 9.47. The van der Waals surface area contributed by atoms with E-state index in [1.54, 1.807) is 6.92 Å². The van der Waals surface area contributed by atoms with Crippen LogP contribution in [0.1, 0.15) is 6.92 Å². The van der Waals surface area contributed by atoms with Crippen LogP contribution < -0.4 is 0 Å². The topological polar surface area (TPSA) is 44.8 Å². The van der Waals surface area contributed by atoms with Crippen LogP contribution in [0.4, 0.5) is 8.39 Å². The second-order valence-electron chi connectivity index (χ2n) is 3.11. The summed E-state index contributed by atoms with van der Waals surface area (Å²) >= 11 is 0. The van der Waals surface area contributed by atoms with Gasteiger partial charge in [-0.3, -0.25) is 4.52 Å². The van der Waals surface area contributed by atoms with Crippen LogP contribution in [0.2, 0.25) is 0 Å². The number of terminal acetylenes is 1. The SMILES string of the molecule is C#CC(C)OCC(COCC=C)OP(=O)(F)F. The van der Waals surface area contributed by atoms with Crippen LogP contribution in [-0.4, -0.2) is 32.0 Å². The molecular weight excluding hydrogens is 253 g/mol. The standard InChI is InChI=1S/C10H15F2O4P/c1-4-6-14-7-10(16-17(11,12)13)8-15-9(3)5-2/h2,4,9-10H,1,6-8H2,3H3. The van der Waals surface area contributed by atoms with Gasteiger partial charge < -0.3 is 9.47 Å². The highest BCUT2D eigenvalue weighted by atomic mass is 31.2. The smallest absolute Gasteiger partial charge is 0.375 e. The van der Waals surface area contributed by atoms with Crippen molar-refractivity contribution in [3.63, 3.8) is 0 Å². The molecule has 0 fully saturated rings. The van der Waals surface area contributed by atoms with Crippen molar-refractivity contribution in [1.29, 1.82) is 0 Å². The van der Waals surface area contributed by atoms with Gasteiger partial charge in [0.15, 0.2) is 0 Å². The Balaban J connectivity index is 4.15. The van der Waals surface area contributed by atoms with Gasteiger partial charge in [-0.2, -0.15) is 0 Å². The van der Waals surface area contributed by atoms with Crippen LogP contribution in [0.3, 0.4) is 0 Å². The minimum atomic E-state index is -5.58. The molecule has 0 aliphatic rings. The molecule has 0 saturated heterocycles. The molecule has 2 atom stereocenters. The maximum Gasteiger partial charge on any atom is 0.552 e. The van der Waals surface area contributed by atoms with E-state index in [1.165, 1.54) is 6.08 Å². The van der Waals surface area contributed by atoms with Crippen molar-refractivity contribution in [1.82, 2.24) is 0 Å². The first-order valence-electron chi connectivity index (χ1n) is 4.83. The van der Waals surface area contributed by atoms with Crippen molar-refractivity contribution >= 4 is 7.99 Å². The summed E-state index contributed by atoms with van der Waals surface area (Å²) in [6.07, 6.45) is 4.82. The summed E-state index contributed by atoms with van der Waals surface area (Å²) in [4.78, 5) is 0. The molecule has 2 unspecified atom stereocenters. The van der Waals surface area contributed by atoms with E-state index < -0.39 is 20.2 Å². The number of rotatable bonds is 9. The summed E-state index contributed by atoms with van der Waals surface area (Å²) in [5.41, 5.74) is 0. The molecule has 17 heavy (non-hydrogen) atoms. The average molecular weight is 268 g/mol. The first-order valence-corrected chi connectivity index (χ1v) is 6.23. The fraction of sp³-hybridized carbons (Fsp3) is 0.600. The van der Waals surface area contributed by atoms with Crippen molar-refractivity contribution in [3.8, 4) is 12.3 Å². The van der Waals surface area contributed by atoms with Gasteiger partial charge in [0.25, 0.3) is 0 Å². The molecule has 0 N–H and O–H groups in total. The van der Waals surface area contributed by atoms with Gasteiger partial charge >= 0.3 is 7.99 Å². The molecule has 98 valence electrons. The number of ether oxygens (including phenoxy) is 2. The quantitative estimate of drug-likeness (QED) is 0.279. The molecule has 0 saturated carbocycles. The summed E-state index contributed by atoms with van der Waals surface area (Å²) in [6, 6.07) is 0. The normalized spacial score (nSPS) is 14.9. The summed E-state index contributed by atoms with van der Waals surface area (Å²) in [7, 11) is -5.58. The lowest BCUT2D eigenvalue weighted by atomic mass is 10.4. The molecule has 0 rings (SSSR count). The minimum absolute atomic E-state index is 0.174. The summed E-state index contributed by atoms with van der Waals surface area (Å²) in [5.74, 6) is 2.26. The minimum Gasteiger partial charge on any atom is -0.375 e. The second kappa shape index (κ2) is 8.37. The fourth-order valence-electron chi connectivity index (χ4n) is 0.865. The van der Waals surface area contributed by atoms with Crippen LogP contribution in [0.15, 0.2) is 12.7 Å². The highest BCUT2D eigenvalue weighted by molar-refractivity contribution is 7.47. The van der Waals surface area contributed by atoms with Gasteiger partial charge in [-0.15, -0.1) is 21.4 Å². The van der Waals surface area contributed by atoms with E-state index in [4.69, 9.17) is 15.9 Å². The third kappa shape index (κ3) is 10.2. The number of halogens is 2. The highest BCUT2D eigenvalue weighted by Crippen LogP contribution is 2.51. The van der Waals surface area contributed by atoms with Crippen molar-refractivity contribution < 1.29 is 27.0 Å². The van der Waals surface area contributed by atoms with Gasteiger partial charge in [0.05, 0.1) is 19.8 Å². The Morgan fingerprint density at radius 1 is 1.53 bits per heavy atom. The van der Waals surface area contributed by atoms with E-state index in [-0.39, 0.29) is 19.8 Å². The lowest BCUT2D eigenvalue weighted by Crippen LogP contribution is -2.26. The Kier molecular flexibility index (Phi) is 8.01. The molecule has 0 aromatic carbocycles. The molecule has 0 aliphatic carbocycles. The third-order valence-electron chi connectivity index (χ3n) is 1.58. The monoisotopic (exact) mass is 268 g/mol. The molecule has 0 aliphatic heterocycles. The molecule has 0 aromatic heterocycles. The Bertz CT molecular complexity index is 310. The van der Waals surface area contributed by atoms with Crippen molar-refractivity contribution in [2.24, 2.45) is 0 Å². The largest absolute Gasteiger partial charge is 0.552 e. The van der Waals surface area contributed by atoms with Crippen molar-refractivity contribution in [2.45, 2.75) is 19.1 Å². The molecule has 0 amide bonds. The first-order chi connectivity index (χ1) is 7.89. The Morgan fingerprint density at radius 2 is 2.18 bits per heavy atom. The lowest BCUT2D eigenvalue weighted by molar-refractivity contribution is -0.0158. The van der Waals surface area contributed by atoms with E-state index >= 15 is 0 Å². The molecule has 0 aromatic rings. The van der Waals surface area contributed by atoms with E-state index in [0.29, 0.717) is 0 Å². The zero-order chi connectivity index (χ0) is 13.3.